The third kappa shape index (κ3) is 3.79. The summed E-state index contributed by atoms with van der Waals surface area (Å²) < 4.78 is 5.78. The summed E-state index contributed by atoms with van der Waals surface area (Å²) in [5.74, 6) is 0.450. The molecule has 0 aliphatic rings. The molecule has 3 aromatic rings. The summed E-state index contributed by atoms with van der Waals surface area (Å²) in [6.07, 6.45) is 3.86. The van der Waals surface area contributed by atoms with E-state index in [1.165, 1.54) is 0 Å². The molecular formula is C19H19BrN2O2. The zero-order chi connectivity index (χ0) is 16.8. The number of halogens is 1. The summed E-state index contributed by atoms with van der Waals surface area (Å²) in [6, 6.07) is 15.1. The molecule has 0 atom stereocenters. The second-order valence-corrected chi connectivity index (χ2v) is 6.23. The molecule has 0 spiro atoms. The number of fused-ring (bicyclic) bond motifs is 1. The fraction of sp³-hybridized carbons (Fsp3) is 0.211. The van der Waals surface area contributed by atoms with Crippen molar-refractivity contribution in [2.75, 3.05) is 17.3 Å². The Morgan fingerprint density at radius 2 is 1.96 bits per heavy atom. The smallest absolute Gasteiger partial charge is 0.259 e. The second kappa shape index (κ2) is 8.02. The lowest BCUT2D eigenvalue weighted by Crippen LogP contribution is -2.14. The van der Waals surface area contributed by atoms with Crippen LogP contribution in [0.3, 0.4) is 0 Å². The molecular weight excluding hydrogens is 368 g/mol. The normalized spacial score (nSPS) is 10.7. The number of rotatable bonds is 7. The van der Waals surface area contributed by atoms with Crippen LogP contribution < -0.4 is 10.1 Å². The fourth-order valence-electron chi connectivity index (χ4n) is 2.54. The predicted octanol–water partition coefficient (Wildman–Crippen LogP) is 4.97. The molecule has 0 unspecified atom stereocenters. The lowest BCUT2D eigenvalue weighted by atomic mass is 10.1. The minimum atomic E-state index is -0.167. The van der Waals surface area contributed by atoms with E-state index in [0.717, 1.165) is 34.8 Å². The summed E-state index contributed by atoms with van der Waals surface area (Å²) in [5, 5.41) is 4.93. The number of hydrogen-bond donors (Lipinski definition) is 2. The van der Waals surface area contributed by atoms with Crippen LogP contribution in [0.5, 0.6) is 5.75 Å². The van der Waals surface area contributed by atoms with E-state index in [-0.39, 0.29) is 5.91 Å². The van der Waals surface area contributed by atoms with Crippen LogP contribution in [0.4, 0.5) is 5.69 Å². The van der Waals surface area contributed by atoms with Crippen molar-refractivity contribution in [3.63, 3.8) is 0 Å². The lowest BCUT2D eigenvalue weighted by molar-refractivity contribution is 0.102. The molecule has 5 heteroatoms. The van der Waals surface area contributed by atoms with Crippen molar-refractivity contribution >= 4 is 38.4 Å². The topological polar surface area (TPSA) is 54.1 Å². The van der Waals surface area contributed by atoms with Crippen LogP contribution >= 0.6 is 15.9 Å². The molecule has 2 N–H and O–H groups in total. The molecule has 1 aromatic heterocycles. The average molecular weight is 387 g/mol. The van der Waals surface area contributed by atoms with Gasteiger partial charge in [-0.15, -0.1) is 0 Å². The first-order chi connectivity index (χ1) is 11.8. The van der Waals surface area contributed by atoms with Crippen LogP contribution in [0.1, 0.15) is 23.2 Å². The van der Waals surface area contributed by atoms with E-state index in [2.05, 4.69) is 26.2 Å². The number of H-pyrrole nitrogens is 1. The summed E-state index contributed by atoms with van der Waals surface area (Å²) in [4.78, 5) is 15.8. The van der Waals surface area contributed by atoms with E-state index in [0.29, 0.717) is 17.9 Å². The van der Waals surface area contributed by atoms with Gasteiger partial charge in [-0.2, -0.15) is 0 Å². The molecule has 0 radical (unpaired) electrons. The Labute approximate surface area is 149 Å². The third-order valence-electron chi connectivity index (χ3n) is 3.76. The number of anilines is 1. The first-order valence-corrected chi connectivity index (χ1v) is 9.07. The van der Waals surface area contributed by atoms with Gasteiger partial charge in [0.15, 0.2) is 0 Å². The molecule has 0 fully saturated rings. The number of alkyl halides is 1. The van der Waals surface area contributed by atoms with Crippen LogP contribution in [-0.2, 0) is 0 Å². The first-order valence-electron chi connectivity index (χ1n) is 7.95. The predicted molar refractivity (Wildman–Crippen MR) is 101 cm³/mol. The monoisotopic (exact) mass is 386 g/mol. The zero-order valence-electron chi connectivity index (χ0n) is 13.2. The molecule has 0 bridgehead atoms. The SMILES string of the molecule is O=C(Nc1cccc2[nH]ccc12)c1ccccc1OCCCCBr. The van der Waals surface area contributed by atoms with Gasteiger partial charge in [-0.1, -0.05) is 34.1 Å². The number of unbranched alkanes of at least 4 members (excludes halogenated alkanes) is 1. The number of amides is 1. The van der Waals surface area contributed by atoms with E-state index in [9.17, 15) is 4.79 Å². The molecule has 3 rings (SSSR count). The van der Waals surface area contributed by atoms with Gasteiger partial charge in [-0.05, 0) is 43.2 Å². The van der Waals surface area contributed by atoms with Gasteiger partial charge in [0.2, 0.25) is 0 Å². The molecule has 1 heterocycles. The Morgan fingerprint density at radius 3 is 2.83 bits per heavy atom. The number of hydrogen-bond acceptors (Lipinski definition) is 2. The molecule has 0 saturated heterocycles. The van der Waals surface area contributed by atoms with Crippen LogP contribution in [0, 0.1) is 0 Å². The summed E-state index contributed by atoms with van der Waals surface area (Å²) in [5.41, 5.74) is 2.32. The number of benzene rings is 2. The highest BCUT2D eigenvalue weighted by molar-refractivity contribution is 9.09. The van der Waals surface area contributed by atoms with Gasteiger partial charge < -0.3 is 15.0 Å². The van der Waals surface area contributed by atoms with E-state index < -0.39 is 0 Å². The molecule has 2 aromatic carbocycles. The van der Waals surface area contributed by atoms with Crippen molar-refractivity contribution in [1.82, 2.24) is 4.98 Å². The van der Waals surface area contributed by atoms with Crippen LogP contribution in [-0.4, -0.2) is 22.8 Å². The van der Waals surface area contributed by atoms with E-state index in [1.54, 1.807) is 6.07 Å². The summed E-state index contributed by atoms with van der Waals surface area (Å²) in [7, 11) is 0. The maximum Gasteiger partial charge on any atom is 0.259 e. The minimum Gasteiger partial charge on any atom is -0.493 e. The fourth-order valence-corrected chi connectivity index (χ4v) is 2.94. The quantitative estimate of drug-likeness (QED) is 0.444. The van der Waals surface area contributed by atoms with E-state index in [4.69, 9.17) is 4.74 Å². The maximum absolute atomic E-state index is 12.7. The Bertz CT molecular complexity index is 829. The van der Waals surface area contributed by atoms with Crippen LogP contribution in [0.15, 0.2) is 54.7 Å². The number of aromatic amines is 1. The van der Waals surface area contributed by atoms with Crippen molar-refractivity contribution in [1.29, 1.82) is 0 Å². The van der Waals surface area contributed by atoms with E-state index >= 15 is 0 Å². The van der Waals surface area contributed by atoms with Gasteiger partial charge in [0.05, 0.1) is 17.9 Å². The van der Waals surface area contributed by atoms with E-state index in [1.807, 2.05) is 48.7 Å². The number of carbonyl (C=O) groups excluding carboxylic acids is 1. The van der Waals surface area contributed by atoms with Crippen molar-refractivity contribution < 1.29 is 9.53 Å². The van der Waals surface area contributed by atoms with Gasteiger partial charge in [-0.25, -0.2) is 0 Å². The zero-order valence-corrected chi connectivity index (χ0v) is 14.8. The Balaban J connectivity index is 1.76. The molecule has 1 amide bonds. The van der Waals surface area contributed by atoms with Crippen molar-refractivity contribution in [3.05, 3.63) is 60.3 Å². The molecule has 0 aliphatic carbocycles. The van der Waals surface area contributed by atoms with Gasteiger partial charge in [0.25, 0.3) is 5.91 Å². The van der Waals surface area contributed by atoms with Gasteiger partial charge in [0, 0.05) is 22.4 Å². The van der Waals surface area contributed by atoms with Gasteiger partial charge in [-0.3, -0.25) is 4.79 Å². The van der Waals surface area contributed by atoms with Crippen LogP contribution in [0.2, 0.25) is 0 Å². The maximum atomic E-state index is 12.7. The number of carbonyl (C=O) groups is 1. The molecule has 4 nitrogen and oxygen atoms in total. The molecule has 24 heavy (non-hydrogen) atoms. The number of aromatic nitrogens is 1. The first kappa shape index (κ1) is 16.6. The minimum absolute atomic E-state index is 0.167. The highest BCUT2D eigenvalue weighted by Crippen LogP contribution is 2.25. The van der Waals surface area contributed by atoms with Crippen molar-refractivity contribution in [2.45, 2.75) is 12.8 Å². The standard InChI is InChI=1S/C19H19BrN2O2/c20-11-3-4-13-24-18-9-2-1-6-15(18)19(23)22-17-8-5-7-16-14(17)10-12-21-16/h1-2,5-10,12,21H,3-4,11,13H2,(H,22,23). The number of ether oxygens (including phenoxy) is 1. The van der Waals surface area contributed by atoms with Crippen molar-refractivity contribution in [3.8, 4) is 5.75 Å². The Morgan fingerprint density at radius 1 is 1.08 bits per heavy atom. The highest BCUT2D eigenvalue weighted by atomic mass is 79.9. The Hall–Kier alpha value is -2.27. The Kier molecular flexibility index (Phi) is 5.54. The highest BCUT2D eigenvalue weighted by Gasteiger charge is 2.13. The van der Waals surface area contributed by atoms with Gasteiger partial charge >= 0.3 is 0 Å². The second-order valence-electron chi connectivity index (χ2n) is 5.44. The average Bonchev–Trinajstić information content (AvgIpc) is 3.09. The molecule has 124 valence electrons. The summed E-state index contributed by atoms with van der Waals surface area (Å²) >= 11 is 3.40. The third-order valence-corrected chi connectivity index (χ3v) is 4.32. The molecule has 0 saturated carbocycles. The largest absolute Gasteiger partial charge is 0.493 e. The number of para-hydroxylation sites is 1. The number of nitrogens with one attached hydrogen (secondary N) is 2. The van der Waals surface area contributed by atoms with Crippen molar-refractivity contribution in [2.24, 2.45) is 0 Å². The summed E-state index contributed by atoms with van der Waals surface area (Å²) in [6.45, 7) is 0.600. The molecule has 0 aliphatic heterocycles. The van der Waals surface area contributed by atoms with Crippen LogP contribution in [0.25, 0.3) is 10.9 Å². The lowest BCUT2D eigenvalue weighted by Gasteiger charge is -2.12. The van der Waals surface area contributed by atoms with Gasteiger partial charge in [0.1, 0.15) is 5.75 Å².